The van der Waals surface area contributed by atoms with E-state index in [0.29, 0.717) is 18.1 Å². The van der Waals surface area contributed by atoms with Crippen LogP contribution in [0.3, 0.4) is 0 Å². The van der Waals surface area contributed by atoms with E-state index in [1.807, 2.05) is 24.3 Å². The van der Waals surface area contributed by atoms with Crippen LogP contribution in [0.25, 0.3) is 0 Å². The van der Waals surface area contributed by atoms with E-state index in [2.05, 4.69) is 35.0 Å². The lowest BCUT2D eigenvalue weighted by Crippen LogP contribution is -2.39. The van der Waals surface area contributed by atoms with Gasteiger partial charge in [0.1, 0.15) is 0 Å². The molecule has 0 bridgehead atoms. The Kier molecular flexibility index (Phi) is 7.66. The molecule has 1 aromatic rings. The SMILES string of the molecule is CCOC(=O)c1ccc(C#C/C=C/C2=CCC(CN3CCOCC3)C=C2)cc1. The summed E-state index contributed by atoms with van der Waals surface area (Å²) in [6, 6.07) is 7.16. The number of carbonyl (C=O) groups is 1. The van der Waals surface area contributed by atoms with E-state index >= 15 is 0 Å². The summed E-state index contributed by atoms with van der Waals surface area (Å²) in [7, 11) is 0. The summed E-state index contributed by atoms with van der Waals surface area (Å²) in [5.41, 5.74) is 2.62. The molecule has 0 saturated carbocycles. The Balaban J connectivity index is 1.46. The molecule has 0 radical (unpaired) electrons. The number of esters is 1. The highest BCUT2D eigenvalue weighted by molar-refractivity contribution is 5.89. The highest BCUT2D eigenvalue weighted by atomic mass is 16.5. The number of hydrogen-bond donors (Lipinski definition) is 0. The number of allylic oxidation sites excluding steroid dienone is 5. The average Bonchev–Trinajstić information content (AvgIpc) is 2.74. The maximum atomic E-state index is 11.6. The number of hydrogen-bond acceptors (Lipinski definition) is 4. The summed E-state index contributed by atoms with van der Waals surface area (Å²) in [5.74, 6) is 6.42. The number of benzene rings is 1. The lowest BCUT2D eigenvalue weighted by atomic mass is 9.96. The molecule has 1 saturated heterocycles. The minimum atomic E-state index is -0.301. The fourth-order valence-electron chi connectivity index (χ4n) is 3.22. The smallest absolute Gasteiger partial charge is 0.338 e. The van der Waals surface area contributed by atoms with Gasteiger partial charge in [0.2, 0.25) is 0 Å². The Bertz CT molecular complexity index is 802. The second kappa shape index (κ2) is 10.7. The van der Waals surface area contributed by atoms with E-state index in [-0.39, 0.29) is 5.97 Å². The Hall–Kier alpha value is -2.61. The third kappa shape index (κ3) is 6.23. The molecule has 1 heterocycles. The van der Waals surface area contributed by atoms with Gasteiger partial charge in [-0.2, -0.15) is 0 Å². The normalized spacial score (nSPS) is 19.8. The fourth-order valence-corrected chi connectivity index (χ4v) is 3.22. The highest BCUT2D eigenvalue weighted by Crippen LogP contribution is 2.18. The first kappa shape index (κ1) is 20.1. The minimum Gasteiger partial charge on any atom is -0.462 e. The van der Waals surface area contributed by atoms with Crippen molar-refractivity contribution in [2.24, 2.45) is 5.92 Å². The Labute approximate surface area is 167 Å². The maximum Gasteiger partial charge on any atom is 0.338 e. The molecule has 1 aromatic carbocycles. The van der Waals surface area contributed by atoms with Gasteiger partial charge in [0, 0.05) is 25.2 Å². The van der Waals surface area contributed by atoms with Crippen molar-refractivity contribution in [1.82, 2.24) is 4.90 Å². The van der Waals surface area contributed by atoms with Crippen LogP contribution in [0.2, 0.25) is 0 Å². The van der Waals surface area contributed by atoms with E-state index < -0.39 is 0 Å². The highest BCUT2D eigenvalue weighted by Gasteiger charge is 2.15. The van der Waals surface area contributed by atoms with Crippen molar-refractivity contribution in [1.29, 1.82) is 0 Å². The molecule has 1 atom stereocenters. The zero-order valence-corrected chi connectivity index (χ0v) is 16.4. The number of rotatable bonds is 5. The van der Waals surface area contributed by atoms with Gasteiger partial charge in [-0.1, -0.05) is 30.1 Å². The van der Waals surface area contributed by atoms with Crippen LogP contribution in [-0.4, -0.2) is 50.3 Å². The first-order valence-electron chi connectivity index (χ1n) is 9.88. The maximum absolute atomic E-state index is 11.6. The average molecular weight is 377 g/mol. The van der Waals surface area contributed by atoms with Crippen LogP contribution in [0.5, 0.6) is 0 Å². The van der Waals surface area contributed by atoms with Gasteiger partial charge in [-0.25, -0.2) is 4.79 Å². The third-order valence-corrected chi connectivity index (χ3v) is 4.79. The van der Waals surface area contributed by atoms with Gasteiger partial charge in [-0.3, -0.25) is 4.90 Å². The number of ether oxygens (including phenoxy) is 2. The van der Waals surface area contributed by atoms with Gasteiger partial charge in [0.15, 0.2) is 0 Å². The topological polar surface area (TPSA) is 38.8 Å². The molecule has 0 amide bonds. The van der Waals surface area contributed by atoms with Gasteiger partial charge in [0.25, 0.3) is 0 Å². The molecule has 0 aromatic heterocycles. The lowest BCUT2D eigenvalue weighted by molar-refractivity contribution is 0.0335. The van der Waals surface area contributed by atoms with Crippen molar-refractivity contribution < 1.29 is 14.3 Å². The summed E-state index contributed by atoms with van der Waals surface area (Å²) < 4.78 is 10.4. The van der Waals surface area contributed by atoms with E-state index in [0.717, 1.165) is 44.8 Å². The third-order valence-electron chi connectivity index (χ3n) is 4.79. The zero-order chi connectivity index (χ0) is 19.6. The van der Waals surface area contributed by atoms with Crippen LogP contribution in [-0.2, 0) is 9.47 Å². The molecular formula is C24H27NO3. The Morgan fingerprint density at radius 2 is 2.07 bits per heavy atom. The van der Waals surface area contributed by atoms with Gasteiger partial charge in [-0.15, -0.1) is 0 Å². The van der Waals surface area contributed by atoms with Crippen molar-refractivity contribution in [3.05, 3.63) is 71.3 Å². The standard InChI is InChI=1S/C24H27NO3/c1-2-28-24(26)23-13-11-21(12-14-23)6-4-3-5-20-7-9-22(10-8-20)19-25-15-17-27-18-16-25/h3,5,7-9,11-14,22H,2,10,15-19H2,1H3/b5-3+. The summed E-state index contributed by atoms with van der Waals surface area (Å²) in [6.45, 7) is 7.06. The van der Waals surface area contributed by atoms with E-state index in [1.165, 1.54) is 5.57 Å². The van der Waals surface area contributed by atoms with Crippen molar-refractivity contribution in [3.8, 4) is 11.8 Å². The number of nitrogens with zero attached hydrogens (tertiary/aromatic N) is 1. The molecule has 4 heteroatoms. The van der Waals surface area contributed by atoms with Crippen LogP contribution >= 0.6 is 0 Å². The first-order chi connectivity index (χ1) is 13.7. The Morgan fingerprint density at radius 1 is 1.29 bits per heavy atom. The van der Waals surface area contributed by atoms with E-state index in [9.17, 15) is 4.79 Å². The first-order valence-corrected chi connectivity index (χ1v) is 9.88. The second-order valence-corrected chi connectivity index (χ2v) is 6.87. The minimum absolute atomic E-state index is 0.301. The lowest BCUT2D eigenvalue weighted by Gasteiger charge is -2.29. The van der Waals surface area contributed by atoms with E-state index in [4.69, 9.17) is 9.47 Å². The van der Waals surface area contributed by atoms with Gasteiger partial charge in [0.05, 0.1) is 25.4 Å². The molecule has 1 aliphatic carbocycles. The molecule has 2 aliphatic rings. The summed E-state index contributed by atoms with van der Waals surface area (Å²) in [6.07, 6.45) is 11.7. The molecule has 146 valence electrons. The van der Waals surface area contributed by atoms with Crippen LogP contribution in [0, 0.1) is 17.8 Å². The van der Waals surface area contributed by atoms with Gasteiger partial charge >= 0.3 is 5.97 Å². The van der Waals surface area contributed by atoms with Crippen LogP contribution in [0.15, 0.2) is 60.2 Å². The van der Waals surface area contributed by atoms with Crippen LogP contribution < -0.4 is 0 Å². The zero-order valence-electron chi connectivity index (χ0n) is 16.4. The predicted molar refractivity (Wildman–Crippen MR) is 111 cm³/mol. The molecule has 3 rings (SSSR count). The number of carbonyl (C=O) groups excluding carboxylic acids is 1. The summed E-state index contributed by atoms with van der Waals surface area (Å²) >= 11 is 0. The van der Waals surface area contributed by atoms with Crippen LogP contribution in [0.1, 0.15) is 29.3 Å². The molecule has 0 spiro atoms. The largest absolute Gasteiger partial charge is 0.462 e. The molecule has 1 fully saturated rings. The molecule has 1 aliphatic heterocycles. The van der Waals surface area contributed by atoms with E-state index in [1.54, 1.807) is 19.1 Å². The van der Waals surface area contributed by atoms with Crippen LogP contribution in [0.4, 0.5) is 0 Å². The van der Waals surface area contributed by atoms with Crippen molar-refractivity contribution in [3.63, 3.8) is 0 Å². The fraction of sp³-hybridized carbons (Fsp3) is 0.375. The monoisotopic (exact) mass is 377 g/mol. The Morgan fingerprint density at radius 3 is 2.75 bits per heavy atom. The van der Waals surface area contributed by atoms with Gasteiger partial charge < -0.3 is 9.47 Å². The summed E-state index contributed by atoms with van der Waals surface area (Å²) in [4.78, 5) is 14.1. The quantitative estimate of drug-likeness (QED) is 0.581. The predicted octanol–water partition coefficient (Wildman–Crippen LogP) is 3.61. The van der Waals surface area contributed by atoms with Crippen molar-refractivity contribution in [2.75, 3.05) is 39.5 Å². The van der Waals surface area contributed by atoms with Crippen molar-refractivity contribution >= 4 is 5.97 Å². The molecule has 4 nitrogen and oxygen atoms in total. The molecule has 0 N–H and O–H groups in total. The second-order valence-electron chi connectivity index (χ2n) is 6.87. The number of morpholine rings is 1. The molecular weight excluding hydrogens is 350 g/mol. The van der Waals surface area contributed by atoms with Gasteiger partial charge in [-0.05, 0) is 61.3 Å². The van der Waals surface area contributed by atoms with Crippen molar-refractivity contribution in [2.45, 2.75) is 13.3 Å². The summed E-state index contributed by atoms with van der Waals surface area (Å²) in [5, 5.41) is 0. The molecule has 28 heavy (non-hydrogen) atoms. The molecule has 1 unspecified atom stereocenters.